The molecule has 0 unspecified atom stereocenters. The summed E-state index contributed by atoms with van der Waals surface area (Å²) in [5, 5.41) is 1.16. The molecule has 0 atom stereocenters. The van der Waals surface area contributed by atoms with Crippen LogP contribution in [0.25, 0.3) is 33.4 Å². The van der Waals surface area contributed by atoms with E-state index in [0.717, 1.165) is 22.2 Å². The number of aryl methyl sites for hydroxylation is 3. The lowest BCUT2D eigenvalue weighted by atomic mass is 9.95. The van der Waals surface area contributed by atoms with Gasteiger partial charge in [0.2, 0.25) is 0 Å². The van der Waals surface area contributed by atoms with Crippen molar-refractivity contribution in [1.29, 1.82) is 0 Å². The molecule has 0 aliphatic carbocycles. The number of pyridine rings is 1. The second-order valence-electron chi connectivity index (χ2n) is 6.91. The SMILES string of the molecule is Cc1cc(C)c(C)c(-c2c3ccc(-c4ccccn4)cc3nc[n+]2C)c1. The third kappa shape index (κ3) is 2.76. The highest BCUT2D eigenvalue weighted by molar-refractivity contribution is 5.93. The monoisotopic (exact) mass is 340 g/mol. The summed E-state index contributed by atoms with van der Waals surface area (Å²) in [5.41, 5.74) is 9.41. The summed E-state index contributed by atoms with van der Waals surface area (Å²) in [6.07, 6.45) is 3.72. The second kappa shape index (κ2) is 6.34. The molecule has 0 saturated heterocycles. The highest BCUT2D eigenvalue weighted by atomic mass is 15.0. The molecule has 0 N–H and O–H groups in total. The van der Waals surface area contributed by atoms with Crippen molar-refractivity contribution in [3.8, 4) is 22.5 Å². The van der Waals surface area contributed by atoms with E-state index in [1.807, 2.05) is 30.7 Å². The van der Waals surface area contributed by atoms with Crippen LogP contribution in [-0.2, 0) is 7.05 Å². The molecule has 0 saturated carbocycles. The standard InChI is InChI=1S/C23H22N3/c1-15-11-16(2)17(3)20(12-15)23-19-9-8-18(21-7-5-6-10-24-21)13-22(19)25-14-26(23)4/h5-14H,1-4H3/q+1. The van der Waals surface area contributed by atoms with Crippen LogP contribution in [0.15, 0.2) is 61.1 Å². The number of nitrogens with zero attached hydrogens (tertiary/aromatic N) is 3. The molecule has 26 heavy (non-hydrogen) atoms. The Bertz CT molecular complexity index is 1120. The van der Waals surface area contributed by atoms with E-state index in [1.54, 1.807) is 0 Å². The van der Waals surface area contributed by atoms with Gasteiger partial charge in [0.1, 0.15) is 5.69 Å². The first-order chi connectivity index (χ1) is 12.5. The quantitative estimate of drug-likeness (QED) is 0.495. The zero-order chi connectivity index (χ0) is 18.3. The van der Waals surface area contributed by atoms with E-state index in [1.165, 1.54) is 27.9 Å². The largest absolute Gasteiger partial charge is 0.287 e. The van der Waals surface area contributed by atoms with Crippen LogP contribution in [-0.4, -0.2) is 9.97 Å². The summed E-state index contributed by atoms with van der Waals surface area (Å²) >= 11 is 0. The van der Waals surface area contributed by atoms with Gasteiger partial charge in [-0.3, -0.25) is 4.98 Å². The predicted octanol–water partition coefficient (Wildman–Crippen LogP) is 4.71. The molecule has 3 heteroatoms. The normalized spacial score (nSPS) is 11.1. The maximum atomic E-state index is 4.66. The molecule has 2 aromatic carbocycles. The Hall–Kier alpha value is -3.07. The lowest BCUT2D eigenvalue weighted by molar-refractivity contribution is -0.662. The number of benzene rings is 2. The number of hydrogen-bond acceptors (Lipinski definition) is 2. The van der Waals surface area contributed by atoms with E-state index in [-0.39, 0.29) is 0 Å². The van der Waals surface area contributed by atoms with Crippen LogP contribution in [0, 0.1) is 20.8 Å². The fourth-order valence-electron chi connectivity index (χ4n) is 3.55. The lowest BCUT2D eigenvalue weighted by Crippen LogP contribution is -2.32. The van der Waals surface area contributed by atoms with Gasteiger partial charge < -0.3 is 0 Å². The molecule has 0 spiro atoms. The minimum atomic E-state index is 0.966. The molecule has 2 aromatic heterocycles. The molecule has 128 valence electrons. The maximum absolute atomic E-state index is 4.66. The topological polar surface area (TPSA) is 29.7 Å². The second-order valence-corrected chi connectivity index (χ2v) is 6.91. The van der Waals surface area contributed by atoms with Gasteiger partial charge in [-0.15, -0.1) is 0 Å². The molecule has 3 nitrogen and oxygen atoms in total. The summed E-state index contributed by atoms with van der Waals surface area (Å²) < 4.78 is 2.12. The first-order valence-corrected chi connectivity index (χ1v) is 8.82. The van der Waals surface area contributed by atoms with Crippen LogP contribution in [0.3, 0.4) is 0 Å². The van der Waals surface area contributed by atoms with Gasteiger partial charge in [-0.25, -0.2) is 4.57 Å². The predicted molar refractivity (Wildman–Crippen MR) is 106 cm³/mol. The molecule has 0 aliphatic rings. The van der Waals surface area contributed by atoms with E-state index >= 15 is 0 Å². The Morgan fingerprint density at radius 3 is 2.50 bits per heavy atom. The minimum Gasteiger partial charge on any atom is -0.256 e. The summed E-state index contributed by atoms with van der Waals surface area (Å²) in [5.74, 6) is 0. The van der Waals surface area contributed by atoms with Gasteiger partial charge in [0.25, 0.3) is 6.33 Å². The zero-order valence-corrected chi connectivity index (χ0v) is 15.6. The van der Waals surface area contributed by atoms with Crippen molar-refractivity contribution in [2.24, 2.45) is 7.05 Å². The molecule has 4 rings (SSSR count). The fourth-order valence-corrected chi connectivity index (χ4v) is 3.55. The highest BCUT2D eigenvalue weighted by Gasteiger charge is 2.18. The number of hydrogen-bond donors (Lipinski definition) is 0. The summed E-state index contributed by atoms with van der Waals surface area (Å²) in [7, 11) is 2.06. The molecular weight excluding hydrogens is 318 g/mol. The summed E-state index contributed by atoms with van der Waals surface area (Å²) in [6.45, 7) is 6.52. The molecule has 0 fully saturated rings. The number of aromatic nitrogens is 3. The van der Waals surface area contributed by atoms with Gasteiger partial charge in [0.15, 0.2) is 5.52 Å². The number of rotatable bonds is 2. The highest BCUT2D eigenvalue weighted by Crippen LogP contribution is 2.31. The van der Waals surface area contributed by atoms with Crippen molar-refractivity contribution in [2.45, 2.75) is 20.8 Å². The average Bonchev–Trinajstić information content (AvgIpc) is 2.65. The van der Waals surface area contributed by atoms with Gasteiger partial charge in [-0.2, -0.15) is 0 Å². The van der Waals surface area contributed by atoms with Crippen LogP contribution in [0.1, 0.15) is 16.7 Å². The lowest BCUT2D eigenvalue weighted by Gasteiger charge is -2.12. The Kier molecular flexibility index (Phi) is 4.00. The molecule has 0 bridgehead atoms. The summed E-state index contributed by atoms with van der Waals surface area (Å²) in [4.78, 5) is 9.12. The zero-order valence-electron chi connectivity index (χ0n) is 15.6. The van der Waals surface area contributed by atoms with Gasteiger partial charge in [-0.05, 0) is 67.2 Å². The van der Waals surface area contributed by atoms with Crippen molar-refractivity contribution in [2.75, 3.05) is 0 Å². The third-order valence-corrected chi connectivity index (χ3v) is 5.00. The summed E-state index contributed by atoms with van der Waals surface area (Å²) in [6, 6.07) is 16.9. The Balaban J connectivity index is 1.98. The minimum absolute atomic E-state index is 0.966. The first-order valence-electron chi connectivity index (χ1n) is 8.82. The molecule has 0 amide bonds. The maximum Gasteiger partial charge on any atom is 0.287 e. The van der Waals surface area contributed by atoms with Crippen LogP contribution >= 0.6 is 0 Å². The van der Waals surface area contributed by atoms with E-state index in [2.05, 4.69) is 72.7 Å². The van der Waals surface area contributed by atoms with E-state index < -0.39 is 0 Å². The van der Waals surface area contributed by atoms with Gasteiger partial charge in [-0.1, -0.05) is 23.8 Å². The van der Waals surface area contributed by atoms with Gasteiger partial charge in [0, 0.05) is 17.3 Å². The molecule has 0 aliphatic heterocycles. The van der Waals surface area contributed by atoms with Crippen molar-refractivity contribution in [1.82, 2.24) is 9.97 Å². The van der Waals surface area contributed by atoms with Crippen LogP contribution in [0.5, 0.6) is 0 Å². The van der Waals surface area contributed by atoms with Crippen LogP contribution < -0.4 is 4.57 Å². The fraction of sp³-hybridized carbons (Fsp3) is 0.174. The van der Waals surface area contributed by atoms with Gasteiger partial charge in [0.05, 0.1) is 18.1 Å². The molecule has 2 heterocycles. The van der Waals surface area contributed by atoms with Crippen molar-refractivity contribution in [3.63, 3.8) is 0 Å². The van der Waals surface area contributed by atoms with Crippen molar-refractivity contribution in [3.05, 3.63) is 77.7 Å². The molecule has 0 radical (unpaired) electrons. The van der Waals surface area contributed by atoms with Crippen LogP contribution in [0.2, 0.25) is 0 Å². The van der Waals surface area contributed by atoms with E-state index in [9.17, 15) is 0 Å². The van der Waals surface area contributed by atoms with E-state index in [0.29, 0.717) is 0 Å². The first kappa shape index (κ1) is 16.4. The number of fused-ring (bicyclic) bond motifs is 1. The Morgan fingerprint density at radius 1 is 0.885 bits per heavy atom. The van der Waals surface area contributed by atoms with Crippen molar-refractivity contribution >= 4 is 10.9 Å². The Labute approximate surface area is 154 Å². The van der Waals surface area contributed by atoms with Crippen molar-refractivity contribution < 1.29 is 4.57 Å². The average molecular weight is 340 g/mol. The Morgan fingerprint density at radius 2 is 1.73 bits per heavy atom. The molecular formula is C23H22N3+. The molecule has 4 aromatic rings. The van der Waals surface area contributed by atoms with Gasteiger partial charge >= 0.3 is 0 Å². The van der Waals surface area contributed by atoms with Crippen LogP contribution in [0.4, 0.5) is 0 Å². The third-order valence-electron chi connectivity index (χ3n) is 5.00. The smallest absolute Gasteiger partial charge is 0.256 e. The van der Waals surface area contributed by atoms with E-state index in [4.69, 9.17) is 0 Å².